The number of likely N-dealkylation sites (tertiary alicyclic amines) is 1. The Morgan fingerprint density at radius 2 is 2.21 bits per heavy atom. The lowest BCUT2D eigenvalue weighted by molar-refractivity contribution is 0.358. The Morgan fingerprint density at radius 1 is 1.36 bits per heavy atom. The van der Waals surface area contributed by atoms with Crippen LogP contribution in [0.1, 0.15) is 6.42 Å². The highest BCUT2D eigenvalue weighted by Crippen LogP contribution is 2.06. The first-order chi connectivity index (χ1) is 6.95. The molecular weight excluding hydrogens is 174 g/mol. The first-order valence-electron chi connectivity index (χ1n) is 5.13. The lowest BCUT2D eigenvalue weighted by atomic mass is 10.4. The Bertz CT molecular complexity index is 254. The molecule has 14 heavy (non-hydrogen) atoms. The van der Waals surface area contributed by atoms with Crippen LogP contribution in [-0.2, 0) is 0 Å². The van der Waals surface area contributed by atoms with Crippen LogP contribution in [0.3, 0.4) is 0 Å². The second kappa shape index (κ2) is 4.96. The zero-order valence-electron chi connectivity index (χ0n) is 8.32. The van der Waals surface area contributed by atoms with Gasteiger partial charge in [0, 0.05) is 37.7 Å². The fraction of sp³-hybridized carbons (Fsp3) is 0.455. The molecule has 1 aliphatic rings. The number of nitrogens with one attached hydrogen (secondary N) is 1. The van der Waals surface area contributed by atoms with Gasteiger partial charge in [-0.05, 0) is 31.5 Å². The van der Waals surface area contributed by atoms with Crippen LogP contribution < -0.4 is 5.32 Å². The average Bonchev–Trinajstić information content (AvgIpc) is 2.72. The molecule has 0 saturated carbocycles. The molecule has 0 aromatic carbocycles. The lowest BCUT2D eigenvalue weighted by Gasteiger charge is -2.14. The molecule has 1 aromatic rings. The molecule has 0 atom stereocenters. The summed E-state index contributed by atoms with van der Waals surface area (Å²) < 4.78 is 0. The van der Waals surface area contributed by atoms with Gasteiger partial charge < -0.3 is 10.2 Å². The second-order valence-electron chi connectivity index (χ2n) is 3.54. The van der Waals surface area contributed by atoms with Crippen LogP contribution in [-0.4, -0.2) is 36.1 Å². The average molecular weight is 190 g/mol. The SMILES string of the molecule is [CH]1CCN(CCNc2ccncc2)C1. The molecule has 1 aliphatic heterocycles. The molecule has 3 nitrogen and oxygen atoms in total. The van der Waals surface area contributed by atoms with Gasteiger partial charge in [-0.15, -0.1) is 0 Å². The van der Waals surface area contributed by atoms with E-state index in [1.807, 2.05) is 24.5 Å². The first-order valence-corrected chi connectivity index (χ1v) is 5.13. The van der Waals surface area contributed by atoms with E-state index in [9.17, 15) is 0 Å². The zero-order chi connectivity index (χ0) is 9.64. The molecule has 0 spiro atoms. The highest BCUT2D eigenvalue weighted by molar-refractivity contribution is 5.40. The largest absolute Gasteiger partial charge is 0.384 e. The van der Waals surface area contributed by atoms with Gasteiger partial charge in [-0.3, -0.25) is 4.98 Å². The van der Waals surface area contributed by atoms with Crippen molar-refractivity contribution in [2.75, 3.05) is 31.5 Å². The predicted molar refractivity (Wildman–Crippen MR) is 58.1 cm³/mol. The third-order valence-corrected chi connectivity index (χ3v) is 2.47. The van der Waals surface area contributed by atoms with Gasteiger partial charge in [0.05, 0.1) is 0 Å². The van der Waals surface area contributed by atoms with Crippen LogP contribution in [0.4, 0.5) is 5.69 Å². The summed E-state index contributed by atoms with van der Waals surface area (Å²) in [4.78, 5) is 6.43. The maximum Gasteiger partial charge on any atom is 0.0371 e. The standard InChI is InChI=1S/C11H16N3/c1-2-9-14(8-1)10-7-13-11-3-5-12-6-4-11/h1,3-6H,2,7-10H2,(H,12,13). The minimum Gasteiger partial charge on any atom is -0.384 e. The van der Waals surface area contributed by atoms with E-state index in [2.05, 4.69) is 21.6 Å². The van der Waals surface area contributed by atoms with E-state index in [0.717, 1.165) is 25.3 Å². The van der Waals surface area contributed by atoms with E-state index < -0.39 is 0 Å². The predicted octanol–water partition coefficient (Wildman–Crippen LogP) is 1.40. The number of rotatable bonds is 4. The van der Waals surface area contributed by atoms with Crippen LogP contribution in [0, 0.1) is 6.42 Å². The third-order valence-electron chi connectivity index (χ3n) is 2.47. The normalized spacial score (nSPS) is 17.1. The van der Waals surface area contributed by atoms with Gasteiger partial charge in [0.2, 0.25) is 0 Å². The van der Waals surface area contributed by atoms with Crippen LogP contribution in [0.5, 0.6) is 0 Å². The monoisotopic (exact) mass is 190 g/mol. The summed E-state index contributed by atoms with van der Waals surface area (Å²) in [7, 11) is 0. The van der Waals surface area contributed by atoms with Crippen LogP contribution in [0.25, 0.3) is 0 Å². The van der Waals surface area contributed by atoms with Crippen molar-refractivity contribution in [2.45, 2.75) is 6.42 Å². The van der Waals surface area contributed by atoms with Gasteiger partial charge in [-0.1, -0.05) is 0 Å². The molecular formula is C11H16N3. The highest BCUT2D eigenvalue weighted by Gasteiger charge is 2.10. The molecule has 75 valence electrons. The maximum atomic E-state index is 3.98. The van der Waals surface area contributed by atoms with Crippen LogP contribution in [0.2, 0.25) is 0 Å². The van der Waals surface area contributed by atoms with Crippen molar-refractivity contribution in [3.8, 4) is 0 Å². The number of hydrogen-bond acceptors (Lipinski definition) is 3. The Morgan fingerprint density at radius 3 is 2.93 bits per heavy atom. The number of nitrogens with zero attached hydrogens (tertiary/aromatic N) is 2. The summed E-state index contributed by atoms with van der Waals surface area (Å²) in [6.07, 6.45) is 7.21. The first kappa shape index (κ1) is 9.46. The van der Waals surface area contributed by atoms with Crippen LogP contribution >= 0.6 is 0 Å². The number of hydrogen-bond donors (Lipinski definition) is 1. The Balaban J connectivity index is 1.67. The molecule has 1 aromatic heterocycles. The van der Waals surface area contributed by atoms with Crippen molar-refractivity contribution in [1.82, 2.24) is 9.88 Å². The summed E-state index contributed by atoms with van der Waals surface area (Å²) in [6.45, 7) is 4.51. The smallest absolute Gasteiger partial charge is 0.0371 e. The molecule has 2 rings (SSSR count). The third kappa shape index (κ3) is 2.70. The van der Waals surface area contributed by atoms with Crippen molar-refractivity contribution in [2.24, 2.45) is 0 Å². The summed E-state index contributed by atoms with van der Waals surface area (Å²) in [5.41, 5.74) is 1.16. The van der Waals surface area contributed by atoms with E-state index in [1.54, 1.807) is 0 Å². The minimum atomic E-state index is 1.01. The molecule has 1 fully saturated rings. The highest BCUT2D eigenvalue weighted by atomic mass is 15.1. The Kier molecular flexibility index (Phi) is 3.35. The van der Waals surface area contributed by atoms with Crippen molar-refractivity contribution in [1.29, 1.82) is 0 Å². The van der Waals surface area contributed by atoms with Crippen molar-refractivity contribution in [3.63, 3.8) is 0 Å². The lowest BCUT2D eigenvalue weighted by Crippen LogP contribution is -2.25. The summed E-state index contributed by atoms with van der Waals surface area (Å²) in [6, 6.07) is 3.99. The van der Waals surface area contributed by atoms with Gasteiger partial charge >= 0.3 is 0 Å². The molecule has 1 N–H and O–H groups in total. The van der Waals surface area contributed by atoms with Gasteiger partial charge in [0.15, 0.2) is 0 Å². The van der Waals surface area contributed by atoms with E-state index in [4.69, 9.17) is 0 Å². The zero-order valence-corrected chi connectivity index (χ0v) is 8.32. The molecule has 1 saturated heterocycles. The van der Waals surface area contributed by atoms with Gasteiger partial charge in [0.1, 0.15) is 0 Å². The number of aromatic nitrogens is 1. The summed E-state index contributed by atoms with van der Waals surface area (Å²) >= 11 is 0. The van der Waals surface area contributed by atoms with Gasteiger partial charge in [0.25, 0.3) is 0 Å². The van der Waals surface area contributed by atoms with Crippen LogP contribution in [0.15, 0.2) is 24.5 Å². The molecule has 3 heteroatoms. The van der Waals surface area contributed by atoms with Gasteiger partial charge in [-0.2, -0.15) is 0 Å². The van der Waals surface area contributed by atoms with Gasteiger partial charge in [-0.25, -0.2) is 0 Å². The second-order valence-corrected chi connectivity index (χ2v) is 3.54. The topological polar surface area (TPSA) is 28.2 Å². The molecule has 0 aliphatic carbocycles. The fourth-order valence-corrected chi connectivity index (χ4v) is 1.67. The Labute approximate surface area is 85.1 Å². The van der Waals surface area contributed by atoms with Crippen molar-refractivity contribution < 1.29 is 0 Å². The number of anilines is 1. The fourth-order valence-electron chi connectivity index (χ4n) is 1.67. The van der Waals surface area contributed by atoms with E-state index in [-0.39, 0.29) is 0 Å². The number of pyridine rings is 1. The van der Waals surface area contributed by atoms with E-state index in [0.29, 0.717) is 0 Å². The van der Waals surface area contributed by atoms with Crippen molar-refractivity contribution in [3.05, 3.63) is 30.9 Å². The van der Waals surface area contributed by atoms with Crippen molar-refractivity contribution >= 4 is 5.69 Å². The van der Waals surface area contributed by atoms with E-state index in [1.165, 1.54) is 13.0 Å². The summed E-state index contributed by atoms with van der Waals surface area (Å²) in [5, 5.41) is 3.38. The quantitative estimate of drug-likeness (QED) is 0.778. The molecule has 0 bridgehead atoms. The summed E-state index contributed by atoms with van der Waals surface area (Å²) in [5.74, 6) is 0. The molecule has 1 radical (unpaired) electrons. The Hall–Kier alpha value is -1.09. The molecule has 0 amide bonds. The molecule has 2 heterocycles. The minimum absolute atomic E-state index is 1.01. The molecule has 0 unspecified atom stereocenters. The van der Waals surface area contributed by atoms with E-state index >= 15 is 0 Å². The maximum absolute atomic E-state index is 3.98.